The fourth-order valence-corrected chi connectivity index (χ4v) is 1.68. The van der Waals surface area contributed by atoms with Gasteiger partial charge in [0.05, 0.1) is 30.0 Å². The van der Waals surface area contributed by atoms with Gasteiger partial charge in [-0.25, -0.2) is 0 Å². The Bertz CT molecular complexity index is 546. The minimum atomic E-state index is -0.392. The minimum absolute atomic E-state index is 0.123. The highest BCUT2D eigenvalue weighted by molar-refractivity contribution is 5.54. The molecule has 7 nitrogen and oxygen atoms in total. The van der Waals surface area contributed by atoms with Gasteiger partial charge in [0.25, 0.3) is 5.89 Å². The predicted molar refractivity (Wildman–Crippen MR) is 69.3 cm³/mol. The zero-order valence-electron chi connectivity index (χ0n) is 11.6. The number of ether oxygens (including phenoxy) is 1. The number of aromatic nitrogens is 4. The van der Waals surface area contributed by atoms with Gasteiger partial charge in [-0.2, -0.15) is 10.1 Å². The van der Waals surface area contributed by atoms with Crippen molar-refractivity contribution in [2.75, 3.05) is 6.61 Å². The van der Waals surface area contributed by atoms with E-state index in [2.05, 4.69) is 15.2 Å². The number of rotatable bonds is 5. The zero-order chi connectivity index (χ0) is 14.0. The number of nitrogens with two attached hydrogens (primary N) is 1. The quantitative estimate of drug-likeness (QED) is 0.873. The summed E-state index contributed by atoms with van der Waals surface area (Å²) in [4.78, 5) is 4.30. The van der Waals surface area contributed by atoms with Crippen molar-refractivity contribution in [1.82, 2.24) is 19.9 Å². The second-order valence-electron chi connectivity index (χ2n) is 4.75. The summed E-state index contributed by atoms with van der Waals surface area (Å²) in [7, 11) is 1.84. The Balaban J connectivity index is 2.12. The van der Waals surface area contributed by atoms with E-state index < -0.39 is 6.04 Å². The molecule has 0 aliphatic rings. The van der Waals surface area contributed by atoms with Gasteiger partial charge in [0, 0.05) is 13.2 Å². The molecule has 0 aromatic carbocycles. The molecule has 104 valence electrons. The second-order valence-corrected chi connectivity index (χ2v) is 4.75. The van der Waals surface area contributed by atoms with Gasteiger partial charge in [-0.1, -0.05) is 5.16 Å². The molecule has 1 atom stereocenters. The van der Waals surface area contributed by atoms with Crippen molar-refractivity contribution >= 4 is 0 Å². The lowest BCUT2D eigenvalue weighted by Gasteiger charge is -2.10. The van der Waals surface area contributed by atoms with Crippen molar-refractivity contribution in [3.63, 3.8) is 0 Å². The van der Waals surface area contributed by atoms with Crippen molar-refractivity contribution in [2.24, 2.45) is 12.8 Å². The molecule has 0 amide bonds. The van der Waals surface area contributed by atoms with E-state index in [4.69, 9.17) is 15.0 Å². The highest BCUT2D eigenvalue weighted by Gasteiger charge is 2.18. The van der Waals surface area contributed by atoms with Crippen LogP contribution < -0.4 is 5.73 Å². The van der Waals surface area contributed by atoms with Crippen LogP contribution in [0.15, 0.2) is 10.7 Å². The Morgan fingerprint density at radius 2 is 2.21 bits per heavy atom. The van der Waals surface area contributed by atoms with Gasteiger partial charge in [-0.3, -0.25) is 4.68 Å². The highest BCUT2D eigenvalue weighted by atomic mass is 16.5. The van der Waals surface area contributed by atoms with Crippen LogP contribution in [0, 0.1) is 6.92 Å². The molecule has 7 heteroatoms. The first-order valence-electron chi connectivity index (χ1n) is 6.18. The van der Waals surface area contributed by atoms with Crippen LogP contribution in [0.1, 0.15) is 31.4 Å². The minimum Gasteiger partial charge on any atom is -0.377 e. The maximum atomic E-state index is 5.95. The molecule has 0 saturated heterocycles. The summed E-state index contributed by atoms with van der Waals surface area (Å²) in [6.07, 6.45) is 1.96. The summed E-state index contributed by atoms with van der Waals surface area (Å²) >= 11 is 0. The van der Waals surface area contributed by atoms with Gasteiger partial charge in [0.1, 0.15) is 0 Å². The lowest BCUT2D eigenvalue weighted by molar-refractivity contribution is 0.0665. The van der Waals surface area contributed by atoms with Crippen LogP contribution in [-0.2, 0) is 11.8 Å². The number of nitrogens with zero attached hydrogens (tertiary/aromatic N) is 4. The van der Waals surface area contributed by atoms with Crippen LogP contribution in [-0.4, -0.2) is 32.6 Å². The SMILES string of the molecule is Cc1nn(C)cc1-c1nc(C(N)COC(C)C)no1. The summed E-state index contributed by atoms with van der Waals surface area (Å²) in [6, 6.07) is -0.392. The molecule has 2 aromatic rings. The molecule has 19 heavy (non-hydrogen) atoms. The van der Waals surface area contributed by atoms with Crippen molar-refractivity contribution in [2.45, 2.75) is 32.9 Å². The topological polar surface area (TPSA) is 92.0 Å². The molecule has 0 saturated carbocycles. The fraction of sp³-hybridized carbons (Fsp3) is 0.583. The molecular formula is C12H19N5O2. The maximum Gasteiger partial charge on any atom is 0.261 e. The summed E-state index contributed by atoms with van der Waals surface area (Å²) in [5.74, 6) is 0.875. The first-order chi connectivity index (χ1) is 8.97. The molecule has 0 aliphatic carbocycles. The summed E-state index contributed by atoms with van der Waals surface area (Å²) in [6.45, 7) is 6.16. The fourth-order valence-electron chi connectivity index (χ4n) is 1.68. The summed E-state index contributed by atoms with van der Waals surface area (Å²) < 4.78 is 12.4. The summed E-state index contributed by atoms with van der Waals surface area (Å²) in [5.41, 5.74) is 7.60. The average molecular weight is 265 g/mol. The van der Waals surface area contributed by atoms with E-state index >= 15 is 0 Å². The number of hydrogen-bond donors (Lipinski definition) is 1. The molecule has 0 radical (unpaired) electrons. The Hall–Kier alpha value is -1.73. The van der Waals surface area contributed by atoms with Crippen molar-refractivity contribution in [3.05, 3.63) is 17.7 Å². The normalized spacial score (nSPS) is 13.2. The third kappa shape index (κ3) is 3.18. The molecule has 0 bridgehead atoms. The smallest absolute Gasteiger partial charge is 0.261 e. The van der Waals surface area contributed by atoms with Crippen LogP contribution in [0.25, 0.3) is 11.5 Å². The van der Waals surface area contributed by atoms with Gasteiger partial charge in [-0.15, -0.1) is 0 Å². The van der Waals surface area contributed by atoms with E-state index in [-0.39, 0.29) is 6.10 Å². The standard InChI is InChI=1S/C12H19N5O2/c1-7(2)18-6-10(13)11-14-12(19-16-11)9-5-17(4)15-8(9)3/h5,7,10H,6,13H2,1-4H3. The van der Waals surface area contributed by atoms with E-state index in [1.165, 1.54) is 0 Å². The molecule has 0 fully saturated rings. The van der Waals surface area contributed by atoms with Gasteiger partial charge in [0.15, 0.2) is 5.82 Å². The Kier molecular flexibility index (Phi) is 3.96. The molecule has 2 aromatic heterocycles. The van der Waals surface area contributed by atoms with Gasteiger partial charge < -0.3 is 15.0 Å². The number of aryl methyl sites for hydroxylation is 2. The predicted octanol–water partition coefficient (Wildman–Crippen LogP) is 1.20. The molecule has 2 heterocycles. The molecule has 0 aliphatic heterocycles. The molecule has 1 unspecified atom stereocenters. The lowest BCUT2D eigenvalue weighted by Crippen LogP contribution is -2.20. The monoisotopic (exact) mass is 265 g/mol. The first-order valence-corrected chi connectivity index (χ1v) is 6.18. The zero-order valence-corrected chi connectivity index (χ0v) is 11.6. The van der Waals surface area contributed by atoms with E-state index in [1.54, 1.807) is 4.68 Å². The Morgan fingerprint density at radius 3 is 2.79 bits per heavy atom. The van der Waals surface area contributed by atoms with Crippen LogP contribution >= 0.6 is 0 Å². The van der Waals surface area contributed by atoms with E-state index in [1.807, 2.05) is 34.0 Å². The van der Waals surface area contributed by atoms with Crippen molar-refractivity contribution in [3.8, 4) is 11.5 Å². The largest absolute Gasteiger partial charge is 0.377 e. The third-order valence-corrected chi connectivity index (χ3v) is 2.63. The molecule has 0 spiro atoms. The van der Waals surface area contributed by atoms with Crippen LogP contribution in [0.3, 0.4) is 0 Å². The van der Waals surface area contributed by atoms with Crippen molar-refractivity contribution < 1.29 is 9.26 Å². The Labute approximate surface area is 111 Å². The molecular weight excluding hydrogens is 246 g/mol. The first kappa shape index (κ1) is 13.7. The van der Waals surface area contributed by atoms with E-state index in [0.717, 1.165) is 11.3 Å². The maximum absolute atomic E-state index is 5.95. The van der Waals surface area contributed by atoms with Crippen LogP contribution in [0.5, 0.6) is 0 Å². The molecule has 2 N–H and O–H groups in total. The van der Waals surface area contributed by atoms with Gasteiger partial charge in [0.2, 0.25) is 0 Å². The molecule has 2 rings (SSSR count). The van der Waals surface area contributed by atoms with E-state index in [0.29, 0.717) is 18.3 Å². The third-order valence-electron chi connectivity index (χ3n) is 2.63. The summed E-state index contributed by atoms with van der Waals surface area (Å²) in [5, 5.41) is 8.13. The van der Waals surface area contributed by atoms with Crippen molar-refractivity contribution in [1.29, 1.82) is 0 Å². The van der Waals surface area contributed by atoms with Crippen LogP contribution in [0.2, 0.25) is 0 Å². The second kappa shape index (κ2) is 5.50. The Morgan fingerprint density at radius 1 is 1.47 bits per heavy atom. The number of hydrogen-bond acceptors (Lipinski definition) is 6. The van der Waals surface area contributed by atoms with Gasteiger partial charge >= 0.3 is 0 Å². The average Bonchev–Trinajstić information content (AvgIpc) is 2.92. The van der Waals surface area contributed by atoms with Gasteiger partial charge in [-0.05, 0) is 20.8 Å². The lowest BCUT2D eigenvalue weighted by atomic mass is 10.2. The van der Waals surface area contributed by atoms with E-state index in [9.17, 15) is 0 Å². The van der Waals surface area contributed by atoms with Crippen LogP contribution in [0.4, 0.5) is 0 Å². The highest BCUT2D eigenvalue weighted by Crippen LogP contribution is 2.21.